The van der Waals surface area contributed by atoms with Crippen molar-refractivity contribution in [2.24, 2.45) is 0 Å². The predicted molar refractivity (Wildman–Crippen MR) is 93.7 cm³/mol. The highest BCUT2D eigenvalue weighted by molar-refractivity contribution is 6.17. The zero-order chi connectivity index (χ0) is 18.4. The van der Waals surface area contributed by atoms with E-state index in [1.165, 1.54) is 24.3 Å². The molecule has 1 aromatic rings. The van der Waals surface area contributed by atoms with Crippen LogP contribution in [0.3, 0.4) is 0 Å². The number of hydrogen-bond acceptors (Lipinski definition) is 3. The molecule has 1 aliphatic rings. The second-order valence-corrected chi connectivity index (χ2v) is 5.45. The summed E-state index contributed by atoms with van der Waals surface area (Å²) in [6.45, 7) is 5.67. The number of amides is 2. The number of likely N-dealkylation sites (tertiary alicyclic amines) is 1. The Kier molecular flexibility index (Phi) is 12.8. The van der Waals surface area contributed by atoms with Crippen LogP contribution in [-0.2, 0) is 4.79 Å². The van der Waals surface area contributed by atoms with E-state index in [1.54, 1.807) is 4.90 Å². The molecule has 1 aliphatic heterocycles. The van der Waals surface area contributed by atoms with Crippen LogP contribution in [-0.4, -0.2) is 53.9 Å². The SMILES string of the molecule is CCCO.CCCl.O=C(NCC(=O)N1CCC1)c1ccc(F)cc1. The molecule has 0 radical (unpaired) electrons. The highest BCUT2D eigenvalue weighted by Gasteiger charge is 2.20. The van der Waals surface area contributed by atoms with Crippen molar-refractivity contribution in [2.75, 3.05) is 32.1 Å². The first-order valence-electron chi connectivity index (χ1n) is 7.98. The number of benzene rings is 1. The average molecular weight is 361 g/mol. The van der Waals surface area contributed by atoms with Crippen LogP contribution in [0.4, 0.5) is 4.39 Å². The smallest absolute Gasteiger partial charge is 0.251 e. The van der Waals surface area contributed by atoms with Crippen LogP contribution in [0.1, 0.15) is 37.0 Å². The Hall–Kier alpha value is -1.66. The molecular formula is C17H26ClFN2O3. The lowest BCUT2D eigenvalue weighted by molar-refractivity contribution is -0.133. The quantitative estimate of drug-likeness (QED) is 0.810. The molecule has 0 spiro atoms. The molecule has 2 rings (SSSR count). The molecule has 1 saturated heterocycles. The number of carbonyl (C=O) groups is 2. The minimum absolute atomic E-state index is 0.00376. The zero-order valence-corrected chi connectivity index (χ0v) is 15.0. The van der Waals surface area contributed by atoms with E-state index in [0.717, 1.165) is 31.8 Å². The van der Waals surface area contributed by atoms with Gasteiger partial charge in [0.1, 0.15) is 5.82 Å². The molecule has 1 heterocycles. The van der Waals surface area contributed by atoms with Crippen LogP contribution in [0.25, 0.3) is 0 Å². The van der Waals surface area contributed by atoms with Gasteiger partial charge in [0.05, 0.1) is 6.54 Å². The average Bonchev–Trinajstić information content (AvgIpc) is 2.52. The van der Waals surface area contributed by atoms with E-state index in [1.807, 2.05) is 13.8 Å². The van der Waals surface area contributed by atoms with Gasteiger partial charge in [0, 0.05) is 31.1 Å². The Morgan fingerprint density at radius 1 is 1.25 bits per heavy atom. The summed E-state index contributed by atoms with van der Waals surface area (Å²) >= 11 is 5.00. The molecule has 0 saturated carbocycles. The second-order valence-electron chi connectivity index (χ2n) is 4.91. The molecular weight excluding hydrogens is 335 g/mol. The molecule has 0 unspecified atom stereocenters. The number of rotatable bonds is 4. The van der Waals surface area contributed by atoms with E-state index < -0.39 is 5.82 Å². The number of aliphatic hydroxyl groups excluding tert-OH is 1. The molecule has 2 N–H and O–H groups in total. The number of alkyl halides is 1. The van der Waals surface area contributed by atoms with E-state index in [4.69, 9.17) is 16.7 Å². The van der Waals surface area contributed by atoms with Gasteiger partial charge in [-0.25, -0.2) is 4.39 Å². The van der Waals surface area contributed by atoms with Gasteiger partial charge in [0.2, 0.25) is 5.91 Å². The summed E-state index contributed by atoms with van der Waals surface area (Å²) in [7, 11) is 0. The molecule has 1 fully saturated rings. The fourth-order valence-corrected chi connectivity index (χ4v) is 1.54. The van der Waals surface area contributed by atoms with Crippen molar-refractivity contribution in [2.45, 2.75) is 26.7 Å². The van der Waals surface area contributed by atoms with Gasteiger partial charge in [-0.1, -0.05) is 13.8 Å². The van der Waals surface area contributed by atoms with Gasteiger partial charge in [0.25, 0.3) is 5.91 Å². The molecule has 0 aromatic heterocycles. The number of halogens is 2. The van der Waals surface area contributed by atoms with Crippen LogP contribution < -0.4 is 5.32 Å². The first-order chi connectivity index (χ1) is 11.5. The zero-order valence-electron chi connectivity index (χ0n) is 14.2. The molecule has 136 valence electrons. The minimum Gasteiger partial charge on any atom is -0.396 e. The van der Waals surface area contributed by atoms with Crippen LogP contribution in [0.15, 0.2) is 24.3 Å². The Morgan fingerprint density at radius 2 is 1.75 bits per heavy atom. The van der Waals surface area contributed by atoms with Crippen LogP contribution >= 0.6 is 11.6 Å². The molecule has 1 aromatic carbocycles. The largest absolute Gasteiger partial charge is 0.396 e. The Balaban J connectivity index is 0.000000648. The molecule has 0 bridgehead atoms. The van der Waals surface area contributed by atoms with E-state index >= 15 is 0 Å². The van der Waals surface area contributed by atoms with Gasteiger partial charge in [-0.15, -0.1) is 11.6 Å². The van der Waals surface area contributed by atoms with E-state index in [-0.39, 0.29) is 18.4 Å². The number of nitrogens with one attached hydrogen (secondary N) is 1. The van der Waals surface area contributed by atoms with Crippen molar-refractivity contribution in [3.8, 4) is 0 Å². The summed E-state index contributed by atoms with van der Waals surface area (Å²) in [4.78, 5) is 24.7. The maximum atomic E-state index is 12.6. The third kappa shape index (κ3) is 9.47. The van der Waals surface area contributed by atoms with Gasteiger partial charge in [-0.3, -0.25) is 9.59 Å². The van der Waals surface area contributed by atoms with E-state index in [2.05, 4.69) is 5.32 Å². The molecule has 0 atom stereocenters. The minimum atomic E-state index is -0.391. The summed E-state index contributed by atoms with van der Waals surface area (Å²) in [6, 6.07) is 5.20. The number of carbonyl (C=O) groups excluding carboxylic acids is 2. The van der Waals surface area contributed by atoms with E-state index in [9.17, 15) is 14.0 Å². The lowest BCUT2D eigenvalue weighted by atomic mass is 10.2. The Bertz CT molecular complexity index is 477. The second kappa shape index (κ2) is 13.7. The van der Waals surface area contributed by atoms with E-state index in [0.29, 0.717) is 12.2 Å². The molecule has 7 heteroatoms. The fraction of sp³-hybridized carbons (Fsp3) is 0.529. The monoisotopic (exact) mass is 360 g/mol. The van der Waals surface area contributed by atoms with Gasteiger partial charge >= 0.3 is 0 Å². The van der Waals surface area contributed by atoms with Crippen LogP contribution in [0, 0.1) is 5.82 Å². The van der Waals surface area contributed by atoms with Crippen molar-refractivity contribution in [1.29, 1.82) is 0 Å². The maximum Gasteiger partial charge on any atom is 0.251 e. The number of nitrogens with zero attached hydrogens (tertiary/aromatic N) is 1. The molecule has 0 aliphatic carbocycles. The van der Waals surface area contributed by atoms with Crippen molar-refractivity contribution < 1.29 is 19.1 Å². The van der Waals surface area contributed by atoms with Crippen molar-refractivity contribution in [1.82, 2.24) is 10.2 Å². The highest BCUT2D eigenvalue weighted by atomic mass is 35.5. The van der Waals surface area contributed by atoms with Crippen molar-refractivity contribution >= 4 is 23.4 Å². The summed E-state index contributed by atoms with van der Waals surface area (Å²) < 4.78 is 12.6. The Labute approximate surface area is 147 Å². The number of aliphatic hydroxyl groups is 1. The number of hydrogen-bond donors (Lipinski definition) is 2. The van der Waals surface area contributed by atoms with Crippen LogP contribution in [0.5, 0.6) is 0 Å². The summed E-state index contributed by atoms with van der Waals surface area (Å²) in [5.41, 5.74) is 0.350. The van der Waals surface area contributed by atoms with Gasteiger partial charge in [-0.05, 0) is 37.1 Å². The highest BCUT2D eigenvalue weighted by Crippen LogP contribution is 2.05. The van der Waals surface area contributed by atoms with Gasteiger partial charge in [0.15, 0.2) is 0 Å². The first kappa shape index (κ1) is 22.3. The summed E-state index contributed by atoms with van der Waals surface area (Å²) in [5.74, 6) is -0.108. The standard InChI is InChI=1S/C12H13FN2O2.C3H8O.C2H5Cl/c13-10-4-2-9(3-5-10)12(17)14-8-11(16)15-6-1-7-15;1-2-3-4;1-2-3/h2-5H,1,6-8H2,(H,14,17);4H,2-3H2,1H3;2H2,1H3. The van der Waals surface area contributed by atoms with Gasteiger partial charge < -0.3 is 15.3 Å². The lowest BCUT2D eigenvalue weighted by Gasteiger charge is -2.30. The van der Waals surface area contributed by atoms with Gasteiger partial charge in [-0.2, -0.15) is 0 Å². The lowest BCUT2D eigenvalue weighted by Crippen LogP contribution is -2.47. The normalized spacial score (nSPS) is 12.0. The third-order valence-corrected chi connectivity index (χ3v) is 2.94. The van der Waals surface area contributed by atoms with Crippen molar-refractivity contribution in [3.05, 3.63) is 35.6 Å². The molecule has 5 nitrogen and oxygen atoms in total. The summed E-state index contributed by atoms with van der Waals surface area (Å²) in [6.07, 6.45) is 1.90. The predicted octanol–water partition coefficient (Wildman–Crippen LogP) is 2.42. The third-order valence-electron chi connectivity index (χ3n) is 2.94. The maximum absolute atomic E-state index is 12.6. The van der Waals surface area contributed by atoms with Crippen LogP contribution in [0.2, 0.25) is 0 Å². The molecule has 24 heavy (non-hydrogen) atoms. The molecule has 2 amide bonds. The fourth-order valence-electron chi connectivity index (χ4n) is 1.54. The summed E-state index contributed by atoms with van der Waals surface area (Å²) in [5, 5.41) is 10.4. The topological polar surface area (TPSA) is 69.6 Å². The Morgan fingerprint density at radius 3 is 2.12 bits per heavy atom. The van der Waals surface area contributed by atoms with Crippen molar-refractivity contribution in [3.63, 3.8) is 0 Å². The first-order valence-corrected chi connectivity index (χ1v) is 8.51.